The number of benzene rings is 1. The molecule has 0 aliphatic rings. The van der Waals surface area contributed by atoms with E-state index >= 15 is 0 Å². The van der Waals surface area contributed by atoms with Crippen molar-refractivity contribution in [1.29, 1.82) is 0 Å². The van der Waals surface area contributed by atoms with E-state index in [-0.39, 0.29) is 24.6 Å². The number of hydrogen-bond donors (Lipinski definition) is 3. The van der Waals surface area contributed by atoms with Gasteiger partial charge in [0.05, 0.1) is 18.7 Å². The summed E-state index contributed by atoms with van der Waals surface area (Å²) in [7, 11) is 0. The summed E-state index contributed by atoms with van der Waals surface area (Å²) in [6, 6.07) is 5.37. The number of amides is 2. The van der Waals surface area contributed by atoms with Gasteiger partial charge in [-0.25, -0.2) is 9.18 Å². The molecule has 22 heavy (non-hydrogen) atoms. The van der Waals surface area contributed by atoms with Crippen LogP contribution in [0.4, 0.5) is 9.18 Å². The van der Waals surface area contributed by atoms with E-state index in [9.17, 15) is 14.3 Å². The van der Waals surface area contributed by atoms with Gasteiger partial charge in [-0.2, -0.15) is 0 Å². The maximum Gasteiger partial charge on any atom is 0.315 e. The van der Waals surface area contributed by atoms with Gasteiger partial charge < -0.3 is 20.5 Å². The van der Waals surface area contributed by atoms with E-state index in [1.165, 1.54) is 24.3 Å². The highest BCUT2D eigenvalue weighted by Gasteiger charge is 2.24. The number of nitrogens with one attached hydrogen (secondary N) is 2. The lowest BCUT2D eigenvalue weighted by atomic mass is 9.98. The van der Waals surface area contributed by atoms with Crippen molar-refractivity contribution < 1.29 is 19.0 Å². The van der Waals surface area contributed by atoms with Crippen LogP contribution in [0.25, 0.3) is 0 Å². The lowest BCUT2D eigenvalue weighted by molar-refractivity contribution is 0.160. The van der Waals surface area contributed by atoms with E-state index in [4.69, 9.17) is 4.74 Å². The van der Waals surface area contributed by atoms with Crippen molar-refractivity contribution in [2.24, 2.45) is 0 Å². The fourth-order valence-electron chi connectivity index (χ4n) is 2.07. The summed E-state index contributed by atoms with van der Waals surface area (Å²) in [5.74, 6) is 0.221. The Morgan fingerprint density at radius 1 is 1.41 bits per heavy atom. The van der Waals surface area contributed by atoms with Crippen LogP contribution in [-0.4, -0.2) is 35.9 Å². The van der Waals surface area contributed by atoms with Crippen LogP contribution in [0.5, 0.6) is 5.75 Å². The molecular formula is C16H25FN2O3. The molecule has 0 saturated carbocycles. The summed E-state index contributed by atoms with van der Waals surface area (Å²) < 4.78 is 18.4. The highest BCUT2D eigenvalue weighted by atomic mass is 19.1. The third-order valence-corrected chi connectivity index (χ3v) is 3.27. The molecule has 124 valence electrons. The zero-order chi connectivity index (χ0) is 16.6. The van der Waals surface area contributed by atoms with Crippen LogP contribution in [-0.2, 0) is 0 Å². The van der Waals surface area contributed by atoms with E-state index in [0.717, 1.165) is 6.42 Å². The van der Waals surface area contributed by atoms with Crippen molar-refractivity contribution >= 4 is 6.03 Å². The number of carbonyl (C=O) groups excluding carboxylic acids is 1. The van der Waals surface area contributed by atoms with E-state index in [1.54, 1.807) is 13.8 Å². The van der Waals surface area contributed by atoms with E-state index in [1.807, 2.05) is 6.92 Å². The summed E-state index contributed by atoms with van der Waals surface area (Å²) in [5.41, 5.74) is -0.625. The van der Waals surface area contributed by atoms with Crippen molar-refractivity contribution in [3.63, 3.8) is 0 Å². The monoisotopic (exact) mass is 312 g/mol. The first-order chi connectivity index (χ1) is 10.4. The number of aliphatic hydroxyl groups is 1. The van der Waals surface area contributed by atoms with Gasteiger partial charge in [0.15, 0.2) is 0 Å². The molecule has 0 saturated heterocycles. The second-order valence-corrected chi connectivity index (χ2v) is 5.69. The third kappa shape index (κ3) is 6.30. The molecule has 2 amide bonds. The number of aliphatic hydroxyl groups excluding tert-OH is 1. The first-order valence-electron chi connectivity index (χ1n) is 7.47. The maximum absolute atomic E-state index is 12.8. The molecule has 0 aromatic heterocycles. The minimum Gasteiger partial charge on any atom is -0.489 e. The van der Waals surface area contributed by atoms with Crippen molar-refractivity contribution in [1.82, 2.24) is 10.6 Å². The zero-order valence-corrected chi connectivity index (χ0v) is 13.4. The quantitative estimate of drug-likeness (QED) is 0.690. The normalized spacial score (nSPS) is 14.8. The van der Waals surface area contributed by atoms with Crippen LogP contribution in [0, 0.1) is 5.82 Å². The number of halogens is 1. The molecule has 0 fully saturated rings. The van der Waals surface area contributed by atoms with Crippen molar-refractivity contribution in [3.8, 4) is 5.75 Å². The number of rotatable bonds is 8. The topological polar surface area (TPSA) is 70.6 Å². The molecule has 1 aromatic carbocycles. The number of ether oxygens (including phenoxy) is 1. The molecule has 0 aliphatic carbocycles. The van der Waals surface area contributed by atoms with Gasteiger partial charge in [0.1, 0.15) is 17.7 Å². The maximum atomic E-state index is 12.8. The molecule has 2 unspecified atom stereocenters. The van der Waals surface area contributed by atoms with Gasteiger partial charge in [0.25, 0.3) is 0 Å². The molecule has 3 N–H and O–H groups in total. The van der Waals surface area contributed by atoms with Crippen LogP contribution < -0.4 is 15.4 Å². The van der Waals surface area contributed by atoms with Crippen LogP contribution in [0.2, 0.25) is 0 Å². The van der Waals surface area contributed by atoms with Gasteiger partial charge in [0, 0.05) is 0 Å². The highest BCUT2D eigenvalue weighted by molar-refractivity contribution is 5.74. The Morgan fingerprint density at radius 2 is 2.05 bits per heavy atom. The fraction of sp³-hybridized carbons (Fsp3) is 0.562. The molecule has 1 aromatic rings. The molecule has 5 nitrogen and oxygen atoms in total. The lowest BCUT2D eigenvalue weighted by Gasteiger charge is -2.28. The summed E-state index contributed by atoms with van der Waals surface area (Å²) >= 11 is 0. The third-order valence-electron chi connectivity index (χ3n) is 3.27. The molecule has 0 bridgehead atoms. The standard InChI is InChI=1S/C16H25FN2O3/c1-4-9-16(3,11-20)19-15(21)18-10-12(2)22-14-7-5-13(17)6-8-14/h5-8,12,20H,4,9-11H2,1-3H3,(H2,18,19,21). The summed E-state index contributed by atoms with van der Waals surface area (Å²) in [6.07, 6.45) is 1.29. The Hall–Kier alpha value is -1.82. The Balaban J connectivity index is 2.38. The smallest absolute Gasteiger partial charge is 0.315 e. The molecule has 0 radical (unpaired) electrons. The molecule has 0 spiro atoms. The predicted molar refractivity (Wildman–Crippen MR) is 83.4 cm³/mol. The Labute approximate surface area is 130 Å². The molecule has 0 heterocycles. The van der Waals surface area contributed by atoms with Gasteiger partial charge in [-0.1, -0.05) is 13.3 Å². The first-order valence-corrected chi connectivity index (χ1v) is 7.47. The van der Waals surface area contributed by atoms with Gasteiger partial charge in [-0.3, -0.25) is 0 Å². The van der Waals surface area contributed by atoms with Gasteiger partial charge in [-0.05, 0) is 44.5 Å². The largest absolute Gasteiger partial charge is 0.489 e. The number of carbonyl (C=O) groups is 1. The van der Waals surface area contributed by atoms with Crippen molar-refractivity contribution in [3.05, 3.63) is 30.1 Å². The average Bonchev–Trinajstić information content (AvgIpc) is 2.48. The summed E-state index contributed by atoms with van der Waals surface area (Å²) in [6.45, 7) is 5.79. The fourth-order valence-corrected chi connectivity index (χ4v) is 2.07. The Bertz CT molecular complexity index is 467. The van der Waals surface area contributed by atoms with Crippen molar-refractivity contribution in [2.45, 2.75) is 45.3 Å². The van der Waals surface area contributed by atoms with Crippen LogP contribution in [0.1, 0.15) is 33.6 Å². The second-order valence-electron chi connectivity index (χ2n) is 5.69. The van der Waals surface area contributed by atoms with E-state index in [2.05, 4.69) is 10.6 Å². The van der Waals surface area contributed by atoms with Crippen LogP contribution in [0.3, 0.4) is 0 Å². The van der Waals surface area contributed by atoms with Crippen LogP contribution in [0.15, 0.2) is 24.3 Å². The van der Waals surface area contributed by atoms with E-state index < -0.39 is 5.54 Å². The highest BCUT2D eigenvalue weighted by Crippen LogP contribution is 2.13. The zero-order valence-electron chi connectivity index (χ0n) is 13.4. The van der Waals surface area contributed by atoms with Crippen molar-refractivity contribution in [2.75, 3.05) is 13.2 Å². The second kappa shape index (κ2) is 8.58. The minimum atomic E-state index is -0.625. The van der Waals surface area contributed by atoms with Gasteiger partial charge >= 0.3 is 6.03 Å². The lowest BCUT2D eigenvalue weighted by Crippen LogP contribution is -2.53. The molecule has 1 rings (SSSR count). The molecule has 2 atom stereocenters. The molecule has 0 aliphatic heterocycles. The SMILES string of the molecule is CCCC(C)(CO)NC(=O)NCC(C)Oc1ccc(F)cc1. The summed E-state index contributed by atoms with van der Waals surface area (Å²) in [5, 5.41) is 14.8. The Morgan fingerprint density at radius 3 is 2.59 bits per heavy atom. The van der Waals surface area contributed by atoms with Gasteiger partial charge in [0.2, 0.25) is 0 Å². The number of hydrogen-bond acceptors (Lipinski definition) is 3. The van der Waals surface area contributed by atoms with Crippen LogP contribution >= 0.6 is 0 Å². The summed E-state index contributed by atoms with van der Waals surface area (Å²) in [4.78, 5) is 11.9. The first kappa shape index (κ1) is 18.2. The van der Waals surface area contributed by atoms with E-state index in [0.29, 0.717) is 18.7 Å². The number of urea groups is 1. The Kier molecular flexibility index (Phi) is 7.11. The predicted octanol–water partition coefficient (Wildman–Crippen LogP) is 2.44. The molecular weight excluding hydrogens is 287 g/mol. The molecule has 6 heteroatoms. The average molecular weight is 312 g/mol. The van der Waals surface area contributed by atoms with Gasteiger partial charge in [-0.15, -0.1) is 0 Å². The minimum absolute atomic E-state index is 0.115.